The summed E-state index contributed by atoms with van der Waals surface area (Å²) in [5.74, 6) is 0. The fraction of sp³-hybridized carbons (Fsp3) is 0.111. The van der Waals surface area contributed by atoms with Gasteiger partial charge in [-0.3, -0.25) is 14.7 Å². The number of benzene rings is 1. The molecule has 17 heavy (non-hydrogen) atoms. The first kappa shape index (κ1) is 10.9. The Morgan fingerprint density at radius 1 is 1.41 bits per heavy atom. The van der Waals surface area contributed by atoms with Crippen molar-refractivity contribution in [1.29, 1.82) is 0 Å². The van der Waals surface area contributed by atoms with Gasteiger partial charge in [0, 0.05) is 19.2 Å². The molecule has 0 atom stereocenters. The monoisotopic (exact) mass is 237 g/mol. The number of non-ortho nitro benzene ring substituents is 1. The molecule has 0 unspecified atom stereocenters. The van der Waals surface area contributed by atoms with Crippen LogP contribution < -0.4 is 5.69 Å². The van der Waals surface area contributed by atoms with Gasteiger partial charge >= 0.3 is 11.8 Å². The van der Waals surface area contributed by atoms with Crippen molar-refractivity contribution in [2.75, 3.05) is 0 Å². The lowest BCUT2D eigenvalue weighted by molar-refractivity contribution is -0.384. The summed E-state index contributed by atoms with van der Waals surface area (Å²) < 4.78 is 1.59. The van der Waals surface area contributed by atoms with Gasteiger partial charge in [-0.2, -0.15) is 4.57 Å². The molecule has 1 aromatic heterocycles. The number of nitrogens with zero attached hydrogens (tertiary/aromatic N) is 3. The number of fused-ring (bicyclic) bond motifs is 1. The molecule has 0 saturated carbocycles. The van der Waals surface area contributed by atoms with Crippen LogP contribution in [0.3, 0.4) is 0 Å². The van der Waals surface area contributed by atoms with Crippen LogP contribution >= 0.6 is 0 Å². The highest BCUT2D eigenvalue weighted by atomic mass is 16.6. The van der Waals surface area contributed by atoms with Crippen molar-refractivity contribution in [3.05, 3.63) is 38.8 Å². The Labute approximate surface area is 93.5 Å². The second kappa shape index (κ2) is 3.44. The largest absolute Gasteiger partial charge is 0.464 e. The van der Waals surface area contributed by atoms with E-state index in [1.54, 1.807) is 0 Å². The molecule has 0 saturated heterocycles. The highest BCUT2D eigenvalue weighted by Crippen LogP contribution is 2.19. The van der Waals surface area contributed by atoms with E-state index in [2.05, 4.69) is 0 Å². The summed E-state index contributed by atoms with van der Waals surface area (Å²) in [6.07, 6.45) is -1.47. The van der Waals surface area contributed by atoms with E-state index in [1.165, 1.54) is 19.2 Å². The molecule has 2 rings (SSSR count). The standard InChI is InChI=1S/C9H7N3O5/c1-10-6-3-2-5(12(16)17)4-7(6)11(8(10)13)9(14)15/h2-4H,1H3,(H,14,15). The summed E-state index contributed by atoms with van der Waals surface area (Å²) in [5.41, 5.74) is -0.701. The number of nitro benzene ring substituents is 1. The molecule has 0 aliphatic rings. The van der Waals surface area contributed by atoms with Crippen molar-refractivity contribution in [3.8, 4) is 0 Å². The average Bonchev–Trinajstić information content (AvgIpc) is 2.51. The molecule has 1 N–H and O–H groups in total. The Morgan fingerprint density at radius 2 is 2.06 bits per heavy atom. The van der Waals surface area contributed by atoms with Crippen molar-refractivity contribution >= 4 is 22.8 Å². The number of hydrogen-bond acceptors (Lipinski definition) is 4. The van der Waals surface area contributed by atoms with E-state index in [4.69, 9.17) is 5.11 Å². The lowest BCUT2D eigenvalue weighted by Gasteiger charge is -1.95. The smallest absolute Gasteiger partial charge is 0.420 e. The molecule has 1 heterocycles. The molecular weight excluding hydrogens is 230 g/mol. The topological polar surface area (TPSA) is 107 Å². The first-order valence-electron chi connectivity index (χ1n) is 4.52. The molecule has 0 fully saturated rings. The van der Waals surface area contributed by atoms with Gasteiger partial charge < -0.3 is 5.11 Å². The second-order valence-electron chi connectivity index (χ2n) is 3.39. The van der Waals surface area contributed by atoms with Gasteiger partial charge in [0.15, 0.2) is 0 Å². The van der Waals surface area contributed by atoms with Crippen LogP contribution in [0.4, 0.5) is 10.5 Å². The maximum atomic E-state index is 11.6. The van der Waals surface area contributed by atoms with E-state index >= 15 is 0 Å². The fourth-order valence-electron chi connectivity index (χ4n) is 1.63. The van der Waals surface area contributed by atoms with E-state index in [-0.39, 0.29) is 11.2 Å². The number of carbonyl (C=O) groups is 1. The zero-order valence-electron chi connectivity index (χ0n) is 8.65. The summed E-state index contributed by atoms with van der Waals surface area (Å²) in [6.45, 7) is 0. The van der Waals surface area contributed by atoms with E-state index in [0.29, 0.717) is 10.1 Å². The number of rotatable bonds is 1. The number of nitro groups is 1. The van der Waals surface area contributed by atoms with Crippen LogP contribution in [-0.4, -0.2) is 25.3 Å². The zero-order chi connectivity index (χ0) is 12.7. The minimum absolute atomic E-state index is 0.000741. The number of carboxylic acid groups (broad SMARTS) is 1. The molecule has 0 bridgehead atoms. The molecule has 0 amide bonds. The Morgan fingerprint density at radius 3 is 2.59 bits per heavy atom. The van der Waals surface area contributed by atoms with E-state index < -0.39 is 16.7 Å². The summed E-state index contributed by atoms with van der Waals surface area (Å²) in [7, 11) is 1.40. The van der Waals surface area contributed by atoms with Crippen LogP contribution in [-0.2, 0) is 7.05 Å². The minimum Gasteiger partial charge on any atom is -0.464 e. The van der Waals surface area contributed by atoms with Gasteiger partial charge in [0.05, 0.1) is 16.0 Å². The Hall–Kier alpha value is -2.64. The van der Waals surface area contributed by atoms with Gasteiger partial charge in [0.1, 0.15) is 0 Å². The minimum atomic E-state index is -1.47. The van der Waals surface area contributed by atoms with Crippen molar-refractivity contribution in [3.63, 3.8) is 0 Å². The lowest BCUT2D eigenvalue weighted by atomic mass is 10.3. The summed E-state index contributed by atoms with van der Waals surface area (Å²) in [4.78, 5) is 32.4. The molecule has 0 aliphatic carbocycles. The molecule has 8 heteroatoms. The summed E-state index contributed by atoms with van der Waals surface area (Å²) in [6, 6.07) is 3.62. The summed E-state index contributed by atoms with van der Waals surface area (Å²) in [5, 5.41) is 19.5. The number of hydrogen-bond donors (Lipinski definition) is 1. The molecular formula is C9H7N3O5. The van der Waals surface area contributed by atoms with Gasteiger partial charge in [-0.15, -0.1) is 0 Å². The molecule has 0 spiro atoms. The highest BCUT2D eigenvalue weighted by molar-refractivity contribution is 5.87. The molecule has 0 aliphatic heterocycles. The van der Waals surface area contributed by atoms with Gasteiger partial charge in [-0.1, -0.05) is 0 Å². The molecule has 88 valence electrons. The molecule has 1 aromatic carbocycles. The van der Waals surface area contributed by atoms with Crippen LogP contribution in [0, 0.1) is 10.1 Å². The van der Waals surface area contributed by atoms with Gasteiger partial charge in [-0.05, 0) is 6.07 Å². The second-order valence-corrected chi connectivity index (χ2v) is 3.39. The van der Waals surface area contributed by atoms with E-state index in [0.717, 1.165) is 10.6 Å². The Kier molecular flexibility index (Phi) is 2.20. The number of imidazole rings is 1. The maximum Gasteiger partial charge on any atom is 0.420 e. The highest BCUT2D eigenvalue weighted by Gasteiger charge is 2.18. The average molecular weight is 237 g/mol. The third-order valence-electron chi connectivity index (χ3n) is 2.44. The quantitative estimate of drug-likeness (QED) is 0.582. The SMILES string of the molecule is Cn1c(=O)n(C(=O)O)c2cc([N+](=O)[O-])ccc21. The van der Waals surface area contributed by atoms with Gasteiger partial charge in [0.2, 0.25) is 0 Å². The van der Waals surface area contributed by atoms with Crippen LogP contribution in [0.25, 0.3) is 11.0 Å². The van der Waals surface area contributed by atoms with Crippen molar-refractivity contribution in [2.45, 2.75) is 0 Å². The number of aryl methyl sites for hydroxylation is 1. The predicted octanol–water partition coefficient (Wildman–Crippen LogP) is 0.774. The van der Waals surface area contributed by atoms with Crippen LogP contribution in [0.5, 0.6) is 0 Å². The van der Waals surface area contributed by atoms with Crippen LogP contribution in [0.15, 0.2) is 23.0 Å². The van der Waals surface area contributed by atoms with Gasteiger partial charge in [0.25, 0.3) is 5.69 Å². The van der Waals surface area contributed by atoms with Crippen molar-refractivity contribution in [1.82, 2.24) is 9.13 Å². The normalized spacial score (nSPS) is 10.6. The van der Waals surface area contributed by atoms with Crippen molar-refractivity contribution < 1.29 is 14.8 Å². The van der Waals surface area contributed by atoms with Crippen LogP contribution in [0.2, 0.25) is 0 Å². The van der Waals surface area contributed by atoms with Gasteiger partial charge in [-0.25, -0.2) is 9.59 Å². The van der Waals surface area contributed by atoms with Crippen LogP contribution in [0.1, 0.15) is 0 Å². The predicted molar refractivity (Wildman–Crippen MR) is 57.3 cm³/mol. The maximum absolute atomic E-state index is 11.6. The first-order valence-corrected chi connectivity index (χ1v) is 4.52. The summed E-state index contributed by atoms with van der Waals surface area (Å²) >= 11 is 0. The molecule has 8 nitrogen and oxygen atoms in total. The fourth-order valence-corrected chi connectivity index (χ4v) is 1.63. The lowest BCUT2D eigenvalue weighted by Crippen LogP contribution is -2.26. The third kappa shape index (κ3) is 1.46. The van der Waals surface area contributed by atoms with Crippen molar-refractivity contribution in [2.24, 2.45) is 7.05 Å². The number of aromatic nitrogens is 2. The van der Waals surface area contributed by atoms with E-state index in [9.17, 15) is 19.7 Å². The Balaban J connectivity index is 2.93. The third-order valence-corrected chi connectivity index (χ3v) is 2.44. The molecule has 2 aromatic rings. The zero-order valence-corrected chi connectivity index (χ0v) is 8.65. The van der Waals surface area contributed by atoms with E-state index in [1.807, 2.05) is 0 Å². The first-order chi connectivity index (χ1) is 7.93. The Bertz CT molecular complexity index is 696. The molecule has 0 radical (unpaired) electrons.